The van der Waals surface area contributed by atoms with Gasteiger partial charge in [-0.25, -0.2) is 0 Å². The second kappa shape index (κ2) is 4.57. The topological polar surface area (TPSA) is 37.3 Å². The Balaban J connectivity index is 1.66. The van der Waals surface area contributed by atoms with Crippen molar-refractivity contribution in [1.82, 2.24) is 0 Å². The van der Waals surface area contributed by atoms with Gasteiger partial charge in [0.25, 0.3) is 0 Å². The molecule has 4 rings (SSSR count). The van der Waals surface area contributed by atoms with Crippen molar-refractivity contribution >= 4 is 5.78 Å². The first kappa shape index (κ1) is 14.2. The minimum atomic E-state index is -0.0815. The molecule has 0 bridgehead atoms. The van der Waals surface area contributed by atoms with Crippen molar-refractivity contribution in [3.05, 3.63) is 0 Å². The molecular weight excluding hydrogens is 260 g/mol. The number of aliphatic hydroxyl groups excluding tert-OH is 1. The van der Waals surface area contributed by atoms with Gasteiger partial charge < -0.3 is 5.11 Å². The number of carbonyl (C=O) groups is 1. The molecule has 0 heterocycles. The summed E-state index contributed by atoms with van der Waals surface area (Å²) in [6, 6.07) is 0. The van der Waals surface area contributed by atoms with Crippen LogP contribution in [0.15, 0.2) is 0 Å². The van der Waals surface area contributed by atoms with Gasteiger partial charge in [-0.1, -0.05) is 13.8 Å². The largest absolute Gasteiger partial charge is 0.393 e. The molecule has 0 aliphatic heterocycles. The van der Waals surface area contributed by atoms with Crippen molar-refractivity contribution in [3.8, 4) is 0 Å². The minimum Gasteiger partial charge on any atom is -0.393 e. The first-order chi connectivity index (χ1) is 9.95. The highest BCUT2D eigenvalue weighted by molar-refractivity contribution is 5.80. The van der Waals surface area contributed by atoms with E-state index in [1.54, 1.807) is 0 Å². The Morgan fingerprint density at radius 3 is 2.52 bits per heavy atom. The van der Waals surface area contributed by atoms with E-state index in [1.165, 1.54) is 32.1 Å². The van der Waals surface area contributed by atoms with Crippen LogP contribution in [0.5, 0.6) is 0 Å². The summed E-state index contributed by atoms with van der Waals surface area (Å²) in [6.45, 7) is 4.77. The number of carbonyl (C=O) groups excluding carboxylic acids is 1. The van der Waals surface area contributed by atoms with Gasteiger partial charge >= 0.3 is 0 Å². The van der Waals surface area contributed by atoms with Crippen LogP contribution in [0.1, 0.15) is 71.6 Å². The molecule has 118 valence electrons. The first-order valence-electron chi connectivity index (χ1n) is 9.15. The van der Waals surface area contributed by atoms with Crippen molar-refractivity contribution in [2.75, 3.05) is 0 Å². The van der Waals surface area contributed by atoms with Gasteiger partial charge in [0.05, 0.1) is 6.10 Å². The van der Waals surface area contributed by atoms with Crippen LogP contribution >= 0.6 is 0 Å². The average Bonchev–Trinajstić information content (AvgIpc) is 2.74. The molecule has 2 nitrogen and oxygen atoms in total. The van der Waals surface area contributed by atoms with Crippen LogP contribution in [-0.2, 0) is 4.79 Å². The van der Waals surface area contributed by atoms with Crippen LogP contribution in [0, 0.1) is 34.5 Å². The number of ketones is 1. The standard InChI is InChI=1S/C19H30O2/c1-18-10-9-16-14(15(18)7-8-17(18)21)6-4-12-3-5-13(20)11-19(12,16)2/h12,14-17,21H,3-11H2,1-2H3/t12?,14-,15-,16+,17?,18-,19-/m0/s1. The highest BCUT2D eigenvalue weighted by Gasteiger charge is 2.60. The van der Waals surface area contributed by atoms with E-state index >= 15 is 0 Å². The van der Waals surface area contributed by atoms with Gasteiger partial charge in [0, 0.05) is 12.8 Å². The zero-order chi connectivity index (χ0) is 14.8. The summed E-state index contributed by atoms with van der Waals surface area (Å²) >= 11 is 0. The molecule has 4 saturated carbocycles. The second-order valence-corrected chi connectivity index (χ2v) is 9.05. The molecule has 0 aromatic carbocycles. The molecule has 0 aromatic rings. The third-order valence-electron chi connectivity index (χ3n) is 8.36. The fourth-order valence-electron chi connectivity index (χ4n) is 7.11. The predicted octanol–water partition coefficient (Wildman–Crippen LogP) is 3.96. The lowest BCUT2D eigenvalue weighted by Crippen LogP contribution is -2.54. The maximum absolute atomic E-state index is 12.1. The summed E-state index contributed by atoms with van der Waals surface area (Å²) in [6.07, 6.45) is 10.1. The molecular formula is C19H30O2. The minimum absolute atomic E-state index is 0.0815. The number of fused-ring (bicyclic) bond motifs is 5. The van der Waals surface area contributed by atoms with Gasteiger partial charge in [0.15, 0.2) is 0 Å². The Bertz CT molecular complexity index is 458. The Morgan fingerprint density at radius 1 is 0.952 bits per heavy atom. The zero-order valence-electron chi connectivity index (χ0n) is 13.6. The lowest BCUT2D eigenvalue weighted by atomic mass is 9.45. The Kier molecular flexibility index (Phi) is 3.10. The summed E-state index contributed by atoms with van der Waals surface area (Å²) in [5, 5.41) is 10.5. The first-order valence-corrected chi connectivity index (χ1v) is 9.15. The molecule has 0 amide bonds. The van der Waals surface area contributed by atoms with Crippen LogP contribution in [0.2, 0.25) is 0 Å². The smallest absolute Gasteiger partial charge is 0.133 e. The zero-order valence-corrected chi connectivity index (χ0v) is 13.6. The predicted molar refractivity (Wildman–Crippen MR) is 82.7 cm³/mol. The third-order valence-corrected chi connectivity index (χ3v) is 8.36. The summed E-state index contributed by atoms with van der Waals surface area (Å²) in [5.41, 5.74) is 0.441. The lowest BCUT2D eigenvalue weighted by Gasteiger charge is -2.59. The number of aliphatic hydroxyl groups is 1. The molecule has 2 unspecified atom stereocenters. The number of hydrogen-bond acceptors (Lipinski definition) is 2. The maximum Gasteiger partial charge on any atom is 0.133 e. The molecule has 1 N–H and O–H groups in total. The highest BCUT2D eigenvalue weighted by Crippen LogP contribution is 2.65. The van der Waals surface area contributed by atoms with Crippen molar-refractivity contribution in [3.63, 3.8) is 0 Å². The highest BCUT2D eigenvalue weighted by atomic mass is 16.3. The summed E-state index contributed by atoms with van der Waals surface area (Å²) < 4.78 is 0. The number of rotatable bonds is 0. The summed E-state index contributed by atoms with van der Waals surface area (Å²) in [5.74, 6) is 3.51. The van der Waals surface area contributed by atoms with E-state index in [4.69, 9.17) is 0 Å². The summed E-state index contributed by atoms with van der Waals surface area (Å²) in [7, 11) is 0. The van der Waals surface area contributed by atoms with E-state index in [9.17, 15) is 9.90 Å². The molecule has 21 heavy (non-hydrogen) atoms. The molecule has 0 radical (unpaired) electrons. The van der Waals surface area contributed by atoms with E-state index in [2.05, 4.69) is 13.8 Å². The third kappa shape index (κ3) is 1.84. The molecule has 0 aromatic heterocycles. The Hall–Kier alpha value is -0.370. The van der Waals surface area contributed by atoms with Gasteiger partial charge in [0.1, 0.15) is 5.78 Å². The van der Waals surface area contributed by atoms with E-state index in [-0.39, 0.29) is 16.9 Å². The van der Waals surface area contributed by atoms with E-state index in [0.29, 0.717) is 11.7 Å². The number of Topliss-reactive ketones (excluding diaryl/α,β-unsaturated/α-hetero) is 1. The second-order valence-electron chi connectivity index (χ2n) is 9.05. The Morgan fingerprint density at radius 2 is 1.71 bits per heavy atom. The van der Waals surface area contributed by atoms with E-state index in [0.717, 1.165) is 43.4 Å². The van der Waals surface area contributed by atoms with Gasteiger partial charge in [-0.3, -0.25) is 4.79 Å². The van der Waals surface area contributed by atoms with Crippen LogP contribution in [0.3, 0.4) is 0 Å². The SMILES string of the molecule is C[C@]12CC(=O)CCC1CC[C@@H]1[C@H]2CC[C@]2(C)C(O)CC[C@@H]12. The molecule has 0 spiro atoms. The fourth-order valence-corrected chi connectivity index (χ4v) is 7.11. The van der Waals surface area contributed by atoms with Gasteiger partial charge in [-0.05, 0) is 79.4 Å². The average molecular weight is 290 g/mol. The van der Waals surface area contributed by atoms with Crippen LogP contribution in [0.4, 0.5) is 0 Å². The molecule has 2 heteroatoms. The van der Waals surface area contributed by atoms with Crippen molar-refractivity contribution in [2.45, 2.75) is 77.7 Å². The van der Waals surface area contributed by atoms with Crippen LogP contribution in [-0.4, -0.2) is 17.0 Å². The fraction of sp³-hybridized carbons (Fsp3) is 0.947. The molecule has 0 saturated heterocycles. The van der Waals surface area contributed by atoms with Gasteiger partial charge in [-0.15, -0.1) is 0 Å². The van der Waals surface area contributed by atoms with Crippen molar-refractivity contribution < 1.29 is 9.90 Å². The molecule has 4 aliphatic carbocycles. The normalized spacial score (nSPS) is 56.5. The van der Waals surface area contributed by atoms with Crippen LogP contribution < -0.4 is 0 Å². The van der Waals surface area contributed by atoms with E-state index < -0.39 is 0 Å². The van der Waals surface area contributed by atoms with Crippen molar-refractivity contribution in [2.24, 2.45) is 34.5 Å². The van der Waals surface area contributed by atoms with E-state index in [1.807, 2.05) is 0 Å². The van der Waals surface area contributed by atoms with Gasteiger partial charge in [-0.2, -0.15) is 0 Å². The monoisotopic (exact) mass is 290 g/mol. The van der Waals surface area contributed by atoms with Gasteiger partial charge in [0.2, 0.25) is 0 Å². The molecule has 4 fully saturated rings. The van der Waals surface area contributed by atoms with Crippen LogP contribution in [0.25, 0.3) is 0 Å². The van der Waals surface area contributed by atoms with Crippen molar-refractivity contribution in [1.29, 1.82) is 0 Å². The lowest BCUT2D eigenvalue weighted by molar-refractivity contribution is -0.144. The molecule has 7 atom stereocenters. The maximum atomic E-state index is 12.1. The molecule has 4 aliphatic rings. The number of hydrogen-bond donors (Lipinski definition) is 1. The quantitative estimate of drug-likeness (QED) is 0.733. The Labute approximate surface area is 128 Å². The summed E-state index contributed by atoms with van der Waals surface area (Å²) in [4.78, 5) is 12.1.